The lowest BCUT2D eigenvalue weighted by Crippen LogP contribution is -2.18. The number of nitrogens with one attached hydrogen (secondary N) is 1. The van der Waals surface area contributed by atoms with Crippen LogP contribution in [0, 0.1) is 6.92 Å². The van der Waals surface area contributed by atoms with Crippen molar-refractivity contribution in [2.75, 3.05) is 12.4 Å². The number of aromatic nitrogens is 2. The van der Waals surface area contributed by atoms with Gasteiger partial charge in [-0.15, -0.1) is 0 Å². The fraction of sp³-hybridized carbons (Fsp3) is 0.375. The largest absolute Gasteiger partial charge is 0.373 e. The lowest BCUT2D eigenvalue weighted by Gasteiger charge is -2.20. The molecule has 21 heavy (non-hydrogen) atoms. The topological polar surface area (TPSA) is 37.8 Å². The number of benzene rings is 1. The summed E-state index contributed by atoms with van der Waals surface area (Å²) in [5.74, 6) is 1.69. The minimum Gasteiger partial charge on any atom is -0.373 e. The van der Waals surface area contributed by atoms with E-state index in [0.29, 0.717) is 0 Å². The van der Waals surface area contributed by atoms with E-state index in [1.165, 1.54) is 0 Å². The summed E-state index contributed by atoms with van der Waals surface area (Å²) in [5.41, 5.74) is 0.935. The summed E-state index contributed by atoms with van der Waals surface area (Å²) in [6, 6.07) is 7.81. The third kappa shape index (κ3) is 3.69. The van der Waals surface area contributed by atoms with Crippen LogP contribution in [0.4, 0.5) is 5.82 Å². The molecule has 0 saturated heterocycles. The Labute approximate surface area is 135 Å². The van der Waals surface area contributed by atoms with Gasteiger partial charge in [-0.3, -0.25) is 0 Å². The molecule has 0 amide bonds. The first kappa shape index (κ1) is 16.1. The second-order valence-corrected chi connectivity index (χ2v) is 7.30. The summed E-state index contributed by atoms with van der Waals surface area (Å²) in [5, 5.41) is 4.83. The van der Waals surface area contributed by atoms with Gasteiger partial charge in [0.15, 0.2) is 0 Å². The molecule has 0 aliphatic rings. The second kappa shape index (κ2) is 6.24. The Kier molecular flexibility index (Phi) is 4.79. The molecule has 1 heterocycles. The van der Waals surface area contributed by atoms with Gasteiger partial charge >= 0.3 is 0 Å². The minimum absolute atomic E-state index is 0.102. The van der Waals surface area contributed by atoms with E-state index in [2.05, 4.69) is 31.1 Å². The summed E-state index contributed by atoms with van der Waals surface area (Å²) < 4.78 is 0. The molecule has 2 rings (SSSR count). The molecule has 0 unspecified atom stereocenters. The molecule has 0 bridgehead atoms. The van der Waals surface area contributed by atoms with Gasteiger partial charge in [-0.05, 0) is 19.1 Å². The van der Waals surface area contributed by atoms with Gasteiger partial charge in [0, 0.05) is 22.9 Å². The average molecular weight is 322 g/mol. The zero-order valence-electron chi connectivity index (χ0n) is 13.0. The first-order valence-electron chi connectivity index (χ1n) is 6.82. The molecule has 0 fully saturated rings. The Morgan fingerprint density at radius 3 is 2.38 bits per heavy atom. The number of hydrogen-bond donors (Lipinski definition) is 1. The van der Waals surface area contributed by atoms with Gasteiger partial charge in [0.05, 0.1) is 5.02 Å². The van der Waals surface area contributed by atoms with Crippen molar-refractivity contribution in [1.82, 2.24) is 9.97 Å². The number of anilines is 1. The van der Waals surface area contributed by atoms with E-state index in [1.54, 1.807) is 11.8 Å². The molecule has 0 spiro atoms. The normalized spacial score (nSPS) is 11.5. The summed E-state index contributed by atoms with van der Waals surface area (Å²) in [4.78, 5) is 10.4. The molecule has 0 aliphatic heterocycles. The van der Waals surface area contributed by atoms with Gasteiger partial charge in [0.1, 0.15) is 16.7 Å². The van der Waals surface area contributed by atoms with Crippen molar-refractivity contribution in [3.8, 4) is 0 Å². The second-order valence-electron chi connectivity index (χ2n) is 5.86. The van der Waals surface area contributed by atoms with Crippen molar-refractivity contribution in [3.63, 3.8) is 0 Å². The predicted octanol–water partition coefficient (Wildman–Crippen LogP) is 4.93. The molecular weight excluding hydrogens is 302 g/mol. The third-order valence-corrected chi connectivity index (χ3v) is 4.66. The fourth-order valence-electron chi connectivity index (χ4n) is 1.81. The summed E-state index contributed by atoms with van der Waals surface area (Å²) >= 11 is 7.83. The monoisotopic (exact) mass is 321 g/mol. The van der Waals surface area contributed by atoms with Gasteiger partial charge in [-0.1, -0.05) is 56.3 Å². The minimum atomic E-state index is -0.102. The van der Waals surface area contributed by atoms with Crippen LogP contribution in [0.2, 0.25) is 5.02 Å². The van der Waals surface area contributed by atoms with Crippen LogP contribution in [0.25, 0.3) is 0 Å². The zero-order chi connectivity index (χ0) is 15.6. The SMILES string of the molecule is CNc1nc(C(C)(C)C)nc(Sc2ccccc2Cl)c1C. The Balaban J connectivity index is 2.50. The van der Waals surface area contributed by atoms with Gasteiger partial charge in [-0.25, -0.2) is 9.97 Å². The van der Waals surface area contributed by atoms with Crippen molar-refractivity contribution in [2.24, 2.45) is 0 Å². The van der Waals surface area contributed by atoms with Crippen LogP contribution in [0.15, 0.2) is 34.2 Å². The quantitative estimate of drug-likeness (QED) is 0.813. The van der Waals surface area contributed by atoms with Crippen molar-refractivity contribution < 1.29 is 0 Å². The van der Waals surface area contributed by atoms with Gasteiger partial charge in [-0.2, -0.15) is 0 Å². The number of hydrogen-bond acceptors (Lipinski definition) is 4. The van der Waals surface area contributed by atoms with Crippen LogP contribution in [-0.4, -0.2) is 17.0 Å². The van der Waals surface area contributed by atoms with Crippen LogP contribution in [0.3, 0.4) is 0 Å². The van der Waals surface area contributed by atoms with E-state index in [1.807, 2.05) is 38.2 Å². The van der Waals surface area contributed by atoms with E-state index in [-0.39, 0.29) is 5.41 Å². The molecule has 0 radical (unpaired) electrons. The molecule has 1 N–H and O–H groups in total. The van der Waals surface area contributed by atoms with E-state index in [0.717, 1.165) is 32.1 Å². The van der Waals surface area contributed by atoms with Crippen LogP contribution < -0.4 is 5.32 Å². The highest BCUT2D eigenvalue weighted by Gasteiger charge is 2.21. The van der Waals surface area contributed by atoms with E-state index in [4.69, 9.17) is 16.6 Å². The fourth-order valence-corrected chi connectivity index (χ4v) is 2.96. The van der Waals surface area contributed by atoms with Gasteiger partial charge in [0.2, 0.25) is 0 Å². The Morgan fingerprint density at radius 1 is 1.14 bits per heavy atom. The highest BCUT2D eigenvalue weighted by Crippen LogP contribution is 2.36. The van der Waals surface area contributed by atoms with Crippen LogP contribution >= 0.6 is 23.4 Å². The number of halogens is 1. The summed E-state index contributed by atoms with van der Waals surface area (Å²) in [6.07, 6.45) is 0. The average Bonchev–Trinajstić information content (AvgIpc) is 2.42. The molecule has 0 atom stereocenters. The van der Waals surface area contributed by atoms with Crippen LogP contribution in [0.5, 0.6) is 0 Å². The van der Waals surface area contributed by atoms with Crippen molar-refractivity contribution >= 4 is 29.2 Å². The molecule has 112 valence electrons. The molecular formula is C16H20ClN3S. The Bertz CT molecular complexity index is 650. The lowest BCUT2D eigenvalue weighted by atomic mass is 9.95. The molecule has 1 aromatic heterocycles. The van der Waals surface area contributed by atoms with E-state index < -0.39 is 0 Å². The first-order valence-corrected chi connectivity index (χ1v) is 8.01. The van der Waals surface area contributed by atoms with Crippen molar-refractivity contribution in [1.29, 1.82) is 0 Å². The number of nitrogens with zero attached hydrogens (tertiary/aromatic N) is 2. The Hall–Kier alpha value is -1.26. The molecule has 0 aliphatic carbocycles. The molecule has 5 heteroatoms. The maximum absolute atomic E-state index is 6.25. The van der Waals surface area contributed by atoms with Crippen LogP contribution in [0.1, 0.15) is 32.2 Å². The smallest absolute Gasteiger partial charge is 0.137 e. The zero-order valence-corrected chi connectivity index (χ0v) is 14.6. The van der Waals surface area contributed by atoms with Gasteiger partial charge < -0.3 is 5.32 Å². The summed E-state index contributed by atoms with van der Waals surface area (Å²) in [7, 11) is 1.88. The maximum atomic E-state index is 6.25. The lowest BCUT2D eigenvalue weighted by molar-refractivity contribution is 0.538. The predicted molar refractivity (Wildman–Crippen MR) is 90.6 cm³/mol. The molecule has 1 aromatic carbocycles. The molecule has 0 saturated carbocycles. The first-order chi connectivity index (χ1) is 9.82. The van der Waals surface area contributed by atoms with E-state index >= 15 is 0 Å². The van der Waals surface area contributed by atoms with Crippen LogP contribution in [-0.2, 0) is 5.41 Å². The highest BCUT2D eigenvalue weighted by molar-refractivity contribution is 7.99. The maximum Gasteiger partial charge on any atom is 0.137 e. The number of rotatable bonds is 3. The third-order valence-electron chi connectivity index (χ3n) is 3.05. The van der Waals surface area contributed by atoms with E-state index in [9.17, 15) is 0 Å². The van der Waals surface area contributed by atoms with Gasteiger partial charge in [0.25, 0.3) is 0 Å². The molecule has 3 nitrogen and oxygen atoms in total. The van der Waals surface area contributed by atoms with Crippen molar-refractivity contribution in [3.05, 3.63) is 40.7 Å². The molecule has 2 aromatic rings. The summed E-state index contributed by atoms with van der Waals surface area (Å²) in [6.45, 7) is 8.36. The standard InChI is InChI=1S/C16H20ClN3S/c1-10-13(18-5)19-15(16(2,3)4)20-14(10)21-12-9-7-6-8-11(12)17/h6-9H,1-5H3,(H,18,19,20). The Morgan fingerprint density at radius 2 is 1.81 bits per heavy atom. The highest BCUT2D eigenvalue weighted by atomic mass is 35.5. The van der Waals surface area contributed by atoms with Crippen molar-refractivity contribution in [2.45, 2.75) is 43.0 Å².